The van der Waals surface area contributed by atoms with Crippen LogP contribution in [0.25, 0.3) is 22.0 Å². The number of aliphatic hydroxyl groups excluding tert-OH is 1. The number of hydrogen-bond donors (Lipinski definition) is 3. The molecule has 0 fully saturated rings. The number of benzene rings is 2. The molecule has 0 saturated heterocycles. The monoisotopic (exact) mass is 589 g/mol. The first-order valence-electron chi connectivity index (χ1n) is 11.4. The van der Waals surface area contributed by atoms with Crippen LogP contribution in [0.1, 0.15) is 28.4 Å². The topological polar surface area (TPSA) is 109 Å². The number of nitrogens with zero attached hydrogens (tertiary/aromatic N) is 3. The van der Waals surface area contributed by atoms with Crippen molar-refractivity contribution in [1.82, 2.24) is 15.0 Å². The fraction of sp³-hybridized carbons (Fsp3) is 0.231. The van der Waals surface area contributed by atoms with Crippen molar-refractivity contribution < 1.29 is 27.8 Å². The van der Waals surface area contributed by atoms with E-state index in [2.05, 4.69) is 41.5 Å². The second-order valence-corrected chi connectivity index (χ2v) is 9.34. The molecule has 0 radical (unpaired) electrons. The Labute approximate surface area is 224 Å². The third kappa shape index (κ3) is 5.70. The first-order chi connectivity index (χ1) is 18.0. The molecule has 0 spiro atoms. The fourth-order valence-electron chi connectivity index (χ4n) is 3.77. The van der Waals surface area contributed by atoms with Crippen molar-refractivity contribution in [2.45, 2.75) is 26.1 Å². The van der Waals surface area contributed by atoms with Crippen LogP contribution in [0.3, 0.4) is 0 Å². The number of alkyl halides is 3. The van der Waals surface area contributed by atoms with Crippen LogP contribution in [-0.4, -0.2) is 45.7 Å². The number of carbonyl (C=O) groups excluding carboxylic acids is 1. The molecule has 198 valence electrons. The lowest BCUT2D eigenvalue weighted by Crippen LogP contribution is -2.20. The first kappa shape index (κ1) is 27.3. The number of fused-ring (bicyclic) bond motifs is 1. The van der Waals surface area contributed by atoms with Gasteiger partial charge in [0.25, 0.3) is 5.91 Å². The van der Waals surface area contributed by atoms with Crippen LogP contribution in [0.4, 0.5) is 24.9 Å². The molecule has 2 aromatic carbocycles. The Bertz CT molecular complexity index is 1510. The van der Waals surface area contributed by atoms with Gasteiger partial charge in [0.1, 0.15) is 11.6 Å². The zero-order valence-electron chi connectivity index (χ0n) is 20.5. The molecule has 0 saturated carbocycles. The zero-order valence-corrected chi connectivity index (χ0v) is 22.1. The molecule has 1 amide bonds. The quantitative estimate of drug-likeness (QED) is 0.248. The lowest BCUT2D eigenvalue weighted by Gasteiger charge is -2.17. The molecule has 0 aliphatic heterocycles. The van der Waals surface area contributed by atoms with Crippen LogP contribution in [0.5, 0.6) is 5.75 Å². The van der Waals surface area contributed by atoms with E-state index in [0.717, 1.165) is 23.9 Å². The van der Waals surface area contributed by atoms with Crippen LogP contribution in [0.15, 0.2) is 53.3 Å². The second kappa shape index (κ2) is 10.9. The highest BCUT2D eigenvalue weighted by molar-refractivity contribution is 9.10. The molecule has 2 aromatic heterocycles. The maximum atomic E-state index is 13.0. The highest BCUT2D eigenvalue weighted by Crippen LogP contribution is 2.42. The van der Waals surface area contributed by atoms with Crippen LogP contribution >= 0.6 is 15.9 Å². The van der Waals surface area contributed by atoms with Crippen molar-refractivity contribution in [3.8, 4) is 16.9 Å². The van der Waals surface area contributed by atoms with Gasteiger partial charge in [-0.15, -0.1) is 0 Å². The van der Waals surface area contributed by atoms with Crippen molar-refractivity contribution in [3.05, 3.63) is 70.0 Å². The molecule has 38 heavy (non-hydrogen) atoms. The SMILES string of the molecule is COc1c(-c2cc(C(=O)Nc3cc(C(F)(F)F)ccn3)ccc2C)cc2cnc(NC(C)CO)nc2c1Br. The highest BCUT2D eigenvalue weighted by atomic mass is 79.9. The molecular weight excluding hydrogens is 567 g/mol. The Balaban J connectivity index is 1.73. The van der Waals surface area contributed by atoms with Crippen molar-refractivity contribution in [2.75, 3.05) is 24.4 Å². The van der Waals surface area contributed by atoms with Gasteiger partial charge in [0, 0.05) is 34.9 Å². The van der Waals surface area contributed by atoms with Gasteiger partial charge in [-0.1, -0.05) is 6.07 Å². The molecule has 0 aliphatic carbocycles. The minimum absolute atomic E-state index is 0.0855. The summed E-state index contributed by atoms with van der Waals surface area (Å²) in [5.41, 5.74) is 2.05. The first-order valence-corrected chi connectivity index (χ1v) is 12.2. The van der Waals surface area contributed by atoms with Crippen LogP contribution < -0.4 is 15.4 Å². The summed E-state index contributed by atoms with van der Waals surface area (Å²) in [5, 5.41) is 15.4. The van der Waals surface area contributed by atoms with Gasteiger partial charge < -0.3 is 20.5 Å². The van der Waals surface area contributed by atoms with Crippen LogP contribution in [0, 0.1) is 6.92 Å². The summed E-state index contributed by atoms with van der Waals surface area (Å²) >= 11 is 3.57. The summed E-state index contributed by atoms with van der Waals surface area (Å²) in [6.07, 6.45) is -1.94. The molecule has 12 heteroatoms. The highest BCUT2D eigenvalue weighted by Gasteiger charge is 2.31. The summed E-state index contributed by atoms with van der Waals surface area (Å²) in [6.45, 7) is 3.57. The number of hydrogen-bond acceptors (Lipinski definition) is 7. The van der Waals surface area contributed by atoms with E-state index in [-0.39, 0.29) is 24.0 Å². The molecule has 1 atom stereocenters. The van der Waals surface area contributed by atoms with Crippen molar-refractivity contribution in [1.29, 1.82) is 0 Å². The van der Waals surface area contributed by atoms with Gasteiger partial charge in [0.05, 0.1) is 29.3 Å². The van der Waals surface area contributed by atoms with Gasteiger partial charge in [-0.05, 0) is 71.2 Å². The van der Waals surface area contributed by atoms with Gasteiger partial charge in [0.15, 0.2) is 0 Å². The minimum atomic E-state index is -4.56. The van der Waals surface area contributed by atoms with Gasteiger partial charge in [-0.2, -0.15) is 13.2 Å². The number of aromatic nitrogens is 3. The summed E-state index contributed by atoms with van der Waals surface area (Å²) in [6, 6.07) is 8.15. The third-order valence-corrected chi connectivity index (χ3v) is 6.48. The van der Waals surface area contributed by atoms with Crippen molar-refractivity contribution in [3.63, 3.8) is 0 Å². The Morgan fingerprint density at radius 2 is 1.92 bits per heavy atom. The van der Waals surface area contributed by atoms with E-state index in [0.29, 0.717) is 38.2 Å². The fourth-order valence-corrected chi connectivity index (χ4v) is 4.46. The number of aliphatic hydroxyl groups is 1. The van der Waals surface area contributed by atoms with E-state index >= 15 is 0 Å². The molecule has 2 heterocycles. The largest absolute Gasteiger partial charge is 0.495 e. The number of ether oxygens (including phenoxy) is 1. The molecule has 3 N–H and O–H groups in total. The van der Waals surface area contributed by atoms with E-state index in [4.69, 9.17) is 4.74 Å². The maximum Gasteiger partial charge on any atom is 0.416 e. The standard InChI is InChI=1S/C26H23BrF3N5O3/c1-13-4-5-15(24(37)34-20-10-17(6-7-31-20)26(28,29)30)8-18(13)19-9-16-11-32-25(33-14(2)12-36)35-22(16)21(27)23(19)38-3/h4-11,14,36H,12H2,1-3H3,(H,31,34,37)(H,32,33,35). The third-order valence-electron chi connectivity index (χ3n) is 5.74. The average molecular weight is 590 g/mol. The van der Waals surface area contributed by atoms with Crippen LogP contribution in [-0.2, 0) is 6.18 Å². The summed E-state index contributed by atoms with van der Waals surface area (Å²) in [5.74, 6) is -0.0193. The number of carbonyl (C=O) groups is 1. The van der Waals surface area contributed by atoms with Crippen molar-refractivity contribution >= 4 is 44.5 Å². The summed E-state index contributed by atoms with van der Waals surface area (Å²) in [4.78, 5) is 25.6. The lowest BCUT2D eigenvalue weighted by atomic mass is 9.96. The van der Waals surface area contributed by atoms with Crippen LogP contribution in [0.2, 0.25) is 0 Å². The molecule has 8 nitrogen and oxygen atoms in total. The smallest absolute Gasteiger partial charge is 0.416 e. The Hall–Kier alpha value is -3.77. The van der Waals surface area contributed by atoms with E-state index in [1.165, 1.54) is 7.11 Å². The Morgan fingerprint density at radius 1 is 1.16 bits per heavy atom. The number of halogens is 4. The van der Waals surface area contributed by atoms with E-state index in [1.54, 1.807) is 31.3 Å². The van der Waals surface area contributed by atoms with E-state index < -0.39 is 17.6 Å². The number of anilines is 2. The number of nitrogens with one attached hydrogen (secondary N) is 2. The average Bonchev–Trinajstić information content (AvgIpc) is 2.88. The number of aryl methyl sites for hydroxylation is 1. The van der Waals surface area contributed by atoms with Crippen molar-refractivity contribution in [2.24, 2.45) is 0 Å². The van der Waals surface area contributed by atoms with Gasteiger partial charge in [0.2, 0.25) is 5.95 Å². The number of rotatable bonds is 7. The van der Waals surface area contributed by atoms with Gasteiger partial charge >= 0.3 is 6.18 Å². The summed E-state index contributed by atoms with van der Waals surface area (Å²) in [7, 11) is 1.51. The number of pyridine rings is 1. The molecule has 0 aliphatic rings. The van der Waals surface area contributed by atoms with Gasteiger partial charge in [-0.25, -0.2) is 15.0 Å². The normalized spacial score (nSPS) is 12.3. The number of methoxy groups -OCH3 is 1. The molecular formula is C26H23BrF3N5O3. The predicted octanol–water partition coefficient (Wildman–Crippen LogP) is 5.84. The van der Waals surface area contributed by atoms with E-state index in [1.807, 2.05) is 13.0 Å². The Kier molecular flexibility index (Phi) is 7.83. The van der Waals surface area contributed by atoms with E-state index in [9.17, 15) is 23.1 Å². The molecule has 4 aromatic rings. The van der Waals surface area contributed by atoms with Gasteiger partial charge in [-0.3, -0.25) is 4.79 Å². The lowest BCUT2D eigenvalue weighted by molar-refractivity contribution is -0.137. The molecule has 0 bridgehead atoms. The number of amides is 1. The molecule has 4 rings (SSSR count). The second-order valence-electron chi connectivity index (χ2n) is 8.54. The minimum Gasteiger partial charge on any atom is -0.495 e. The summed E-state index contributed by atoms with van der Waals surface area (Å²) < 4.78 is 45.4. The maximum absolute atomic E-state index is 13.0. The molecule has 1 unspecified atom stereocenters. The predicted molar refractivity (Wildman–Crippen MR) is 141 cm³/mol. The Morgan fingerprint density at radius 3 is 2.61 bits per heavy atom. The zero-order chi connectivity index (χ0) is 27.6.